The van der Waals surface area contributed by atoms with Crippen molar-refractivity contribution in [3.8, 4) is 0 Å². The Balaban J connectivity index is 1.77. The second-order valence-corrected chi connectivity index (χ2v) is 7.41. The lowest BCUT2D eigenvalue weighted by Crippen LogP contribution is -2.34. The summed E-state index contributed by atoms with van der Waals surface area (Å²) in [4.78, 5) is 16.6. The van der Waals surface area contributed by atoms with E-state index in [0.717, 1.165) is 28.9 Å². The molecule has 0 unspecified atom stereocenters. The van der Waals surface area contributed by atoms with Crippen LogP contribution in [0.3, 0.4) is 0 Å². The number of nitrogens with zero attached hydrogens (tertiary/aromatic N) is 2. The van der Waals surface area contributed by atoms with Gasteiger partial charge >= 0.3 is 12.2 Å². The maximum absolute atomic E-state index is 13.0. The van der Waals surface area contributed by atoms with Crippen LogP contribution < -0.4 is 10.2 Å². The second kappa shape index (κ2) is 9.55. The molecule has 2 amide bonds. The van der Waals surface area contributed by atoms with Crippen LogP contribution in [0.4, 0.5) is 29.3 Å². The van der Waals surface area contributed by atoms with Gasteiger partial charge in [-0.15, -0.1) is 0 Å². The molecular weight excluding hydrogens is 403 g/mol. The summed E-state index contributed by atoms with van der Waals surface area (Å²) in [5.74, 6) is 0. The number of carbonyl (C=O) groups is 1. The number of nitrogens with one attached hydrogen (secondary N) is 1. The molecule has 0 spiro atoms. The summed E-state index contributed by atoms with van der Waals surface area (Å²) >= 11 is 0. The Labute approximate surface area is 179 Å². The molecule has 0 aliphatic heterocycles. The van der Waals surface area contributed by atoms with E-state index in [9.17, 15) is 18.0 Å². The summed E-state index contributed by atoms with van der Waals surface area (Å²) in [6.45, 7) is 0.720. The first-order valence-electron chi connectivity index (χ1n) is 9.76. The molecule has 0 fully saturated rings. The number of alkyl halides is 3. The molecule has 0 radical (unpaired) electrons. The summed E-state index contributed by atoms with van der Waals surface area (Å²) in [7, 11) is 3.91. The van der Waals surface area contributed by atoms with Gasteiger partial charge in [0.25, 0.3) is 0 Å². The van der Waals surface area contributed by atoms with Gasteiger partial charge in [0.1, 0.15) is 0 Å². The van der Waals surface area contributed by atoms with Crippen LogP contribution in [0.25, 0.3) is 0 Å². The summed E-state index contributed by atoms with van der Waals surface area (Å²) in [6, 6.07) is 21.4. The molecule has 31 heavy (non-hydrogen) atoms. The first kappa shape index (κ1) is 22.2. The molecular formula is C24H24F3N3O. The van der Waals surface area contributed by atoms with Crippen LogP contribution in [0.15, 0.2) is 78.9 Å². The summed E-state index contributed by atoms with van der Waals surface area (Å²) in [5.41, 5.74) is 2.50. The molecule has 3 aromatic carbocycles. The van der Waals surface area contributed by atoms with Crippen LogP contribution in [0.1, 0.15) is 16.7 Å². The lowest BCUT2D eigenvalue weighted by atomic mass is 10.1. The van der Waals surface area contributed by atoms with E-state index >= 15 is 0 Å². The summed E-state index contributed by atoms with van der Waals surface area (Å²) < 4.78 is 38.3. The minimum Gasteiger partial charge on any atom is -0.378 e. The van der Waals surface area contributed by atoms with E-state index in [2.05, 4.69) is 5.32 Å². The number of amides is 2. The molecule has 0 bridgehead atoms. The average Bonchev–Trinajstić information content (AvgIpc) is 2.74. The summed E-state index contributed by atoms with van der Waals surface area (Å²) in [5, 5.41) is 2.70. The van der Waals surface area contributed by atoms with E-state index in [1.54, 1.807) is 4.90 Å². The Kier molecular flexibility index (Phi) is 6.84. The van der Waals surface area contributed by atoms with Crippen molar-refractivity contribution in [3.63, 3.8) is 0 Å². The standard InChI is InChI=1S/C24H24F3N3O/c1-29(2)22-14-8-19(9-15-22)17-30(16-18-6-4-3-5-7-18)23(31)28-21-12-10-20(11-13-21)24(25,26)27/h3-15H,16-17H2,1-2H3,(H,28,31). The van der Waals surface area contributed by atoms with E-state index in [-0.39, 0.29) is 6.03 Å². The number of rotatable bonds is 6. The Morgan fingerprint density at radius 1 is 0.806 bits per heavy atom. The minimum atomic E-state index is -4.42. The Morgan fingerprint density at radius 3 is 1.87 bits per heavy atom. The summed E-state index contributed by atoms with van der Waals surface area (Å²) in [6.07, 6.45) is -4.42. The first-order chi connectivity index (χ1) is 14.7. The Bertz CT molecular complexity index is 985. The Morgan fingerprint density at radius 2 is 1.35 bits per heavy atom. The maximum atomic E-state index is 13.0. The molecule has 0 aliphatic carbocycles. The number of benzene rings is 3. The molecule has 0 heterocycles. The third-order valence-electron chi connectivity index (χ3n) is 4.79. The van der Waals surface area contributed by atoms with Gasteiger partial charge in [0.05, 0.1) is 5.56 Å². The second-order valence-electron chi connectivity index (χ2n) is 7.41. The van der Waals surface area contributed by atoms with E-state index in [0.29, 0.717) is 18.8 Å². The molecule has 1 N–H and O–H groups in total. The SMILES string of the molecule is CN(C)c1ccc(CN(Cc2ccccc2)C(=O)Nc2ccc(C(F)(F)F)cc2)cc1. The molecule has 0 saturated heterocycles. The molecule has 3 rings (SSSR count). The third-order valence-corrected chi connectivity index (χ3v) is 4.79. The largest absolute Gasteiger partial charge is 0.416 e. The van der Waals surface area contributed by atoms with Gasteiger partial charge in [0.2, 0.25) is 0 Å². The fourth-order valence-electron chi connectivity index (χ4n) is 3.07. The lowest BCUT2D eigenvalue weighted by Gasteiger charge is -2.24. The molecule has 162 valence electrons. The normalized spacial score (nSPS) is 11.1. The van der Waals surface area contributed by atoms with Gasteiger partial charge in [-0.25, -0.2) is 4.79 Å². The van der Waals surface area contributed by atoms with Gasteiger partial charge in [-0.2, -0.15) is 13.2 Å². The van der Waals surface area contributed by atoms with Crippen molar-refractivity contribution in [1.29, 1.82) is 0 Å². The first-order valence-corrected chi connectivity index (χ1v) is 9.76. The van der Waals surface area contributed by atoms with Crippen LogP contribution in [0, 0.1) is 0 Å². The molecule has 7 heteroatoms. The molecule has 4 nitrogen and oxygen atoms in total. The van der Waals surface area contributed by atoms with Crippen LogP contribution in [0.2, 0.25) is 0 Å². The number of hydrogen-bond acceptors (Lipinski definition) is 2. The number of carbonyl (C=O) groups excluding carboxylic acids is 1. The lowest BCUT2D eigenvalue weighted by molar-refractivity contribution is -0.137. The molecule has 0 aliphatic rings. The van der Waals surface area contributed by atoms with Crippen LogP contribution >= 0.6 is 0 Å². The van der Waals surface area contributed by atoms with E-state index < -0.39 is 11.7 Å². The predicted octanol–water partition coefficient (Wildman–Crippen LogP) is 6.01. The van der Waals surface area contributed by atoms with Gasteiger partial charge in [0.15, 0.2) is 0 Å². The van der Waals surface area contributed by atoms with Gasteiger partial charge < -0.3 is 15.1 Å². The monoisotopic (exact) mass is 427 g/mol. The highest BCUT2D eigenvalue weighted by Crippen LogP contribution is 2.30. The van der Waals surface area contributed by atoms with Gasteiger partial charge in [0, 0.05) is 38.6 Å². The van der Waals surface area contributed by atoms with Gasteiger partial charge in [-0.05, 0) is 47.5 Å². The van der Waals surface area contributed by atoms with Crippen LogP contribution in [-0.2, 0) is 19.3 Å². The van der Waals surface area contributed by atoms with Crippen molar-refractivity contribution in [1.82, 2.24) is 4.90 Å². The minimum absolute atomic E-state index is 0.305. The number of halogens is 3. The maximum Gasteiger partial charge on any atom is 0.416 e. The Hall–Kier alpha value is -3.48. The number of anilines is 2. The quantitative estimate of drug-likeness (QED) is 0.523. The fourth-order valence-corrected chi connectivity index (χ4v) is 3.07. The van der Waals surface area contributed by atoms with Crippen LogP contribution in [-0.4, -0.2) is 25.0 Å². The smallest absolute Gasteiger partial charge is 0.378 e. The van der Waals surface area contributed by atoms with Crippen molar-refractivity contribution in [2.45, 2.75) is 19.3 Å². The molecule has 0 aromatic heterocycles. The van der Waals surface area contributed by atoms with Crippen LogP contribution in [0.5, 0.6) is 0 Å². The predicted molar refractivity (Wildman–Crippen MR) is 117 cm³/mol. The highest BCUT2D eigenvalue weighted by atomic mass is 19.4. The molecule has 0 atom stereocenters. The third kappa shape index (κ3) is 6.25. The highest BCUT2D eigenvalue weighted by molar-refractivity contribution is 5.89. The van der Waals surface area contributed by atoms with Crippen molar-refractivity contribution >= 4 is 17.4 Å². The van der Waals surface area contributed by atoms with Crippen molar-refractivity contribution in [2.24, 2.45) is 0 Å². The average molecular weight is 427 g/mol. The molecule has 0 saturated carbocycles. The van der Waals surface area contributed by atoms with Gasteiger partial charge in [-0.1, -0.05) is 42.5 Å². The van der Waals surface area contributed by atoms with Gasteiger partial charge in [-0.3, -0.25) is 0 Å². The highest BCUT2D eigenvalue weighted by Gasteiger charge is 2.30. The van der Waals surface area contributed by atoms with Crippen molar-refractivity contribution < 1.29 is 18.0 Å². The fraction of sp³-hybridized carbons (Fsp3) is 0.208. The van der Waals surface area contributed by atoms with Crippen molar-refractivity contribution in [3.05, 3.63) is 95.6 Å². The molecule has 3 aromatic rings. The zero-order valence-electron chi connectivity index (χ0n) is 17.4. The number of urea groups is 1. The topological polar surface area (TPSA) is 35.6 Å². The zero-order chi connectivity index (χ0) is 22.4. The zero-order valence-corrected chi connectivity index (χ0v) is 17.4. The van der Waals surface area contributed by atoms with E-state index in [1.807, 2.05) is 73.6 Å². The van der Waals surface area contributed by atoms with E-state index in [4.69, 9.17) is 0 Å². The number of hydrogen-bond donors (Lipinski definition) is 1. The van der Waals surface area contributed by atoms with Crippen molar-refractivity contribution in [2.75, 3.05) is 24.3 Å². The van der Waals surface area contributed by atoms with E-state index in [1.165, 1.54) is 12.1 Å².